The van der Waals surface area contributed by atoms with Gasteiger partial charge in [-0.1, -0.05) is 19.9 Å². The van der Waals surface area contributed by atoms with E-state index in [-0.39, 0.29) is 11.5 Å². The lowest BCUT2D eigenvalue weighted by atomic mass is 9.83. The smallest absolute Gasteiger partial charge is 0.258 e. The van der Waals surface area contributed by atoms with Crippen molar-refractivity contribution in [3.63, 3.8) is 0 Å². The first kappa shape index (κ1) is 14.2. The van der Waals surface area contributed by atoms with Crippen molar-refractivity contribution in [1.82, 2.24) is 14.3 Å². The molecule has 0 spiro atoms. The highest BCUT2D eigenvalue weighted by Gasteiger charge is 2.43. The van der Waals surface area contributed by atoms with Gasteiger partial charge in [-0.3, -0.25) is 14.1 Å². The zero-order valence-electron chi connectivity index (χ0n) is 12.7. The number of rotatable bonds is 3. The molecule has 5 nitrogen and oxygen atoms in total. The summed E-state index contributed by atoms with van der Waals surface area (Å²) in [7, 11) is 0. The molecule has 1 saturated heterocycles. The standard InChI is InChI=1S/C16H21N3O2/c1-11(2)16(21)9-18(10-16)8-13-6-15(20)19-7-12(3)4-5-14(19)17-13/h4-7,11,21H,8-10H2,1-3H3. The van der Waals surface area contributed by atoms with Crippen molar-refractivity contribution in [2.24, 2.45) is 5.92 Å². The fourth-order valence-corrected chi connectivity index (χ4v) is 2.77. The number of aromatic nitrogens is 2. The normalized spacial score (nSPS) is 18.1. The van der Waals surface area contributed by atoms with Crippen LogP contribution in [0.3, 0.4) is 0 Å². The summed E-state index contributed by atoms with van der Waals surface area (Å²) < 4.78 is 1.57. The number of hydrogen-bond donors (Lipinski definition) is 1. The monoisotopic (exact) mass is 287 g/mol. The predicted octanol–water partition coefficient (Wildman–Crippen LogP) is 1.21. The molecule has 0 aliphatic carbocycles. The van der Waals surface area contributed by atoms with Crippen LogP contribution in [0.15, 0.2) is 29.2 Å². The van der Waals surface area contributed by atoms with E-state index in [2.05, 4.69) is 9.88 Å². The molecule has 0 bridgehead atoms. The Balaban J connectivity index is 1.80. The average molecular weight is 287 g/mol. The van der Waals surface area contributed by atoms with Crippen molar-refractivity contribution in [3.8, 4) is 0 Å². The molecule has 2 aromatic heterocycles. The van der Waals surface area contributed by atoms with Gasteiger partial charge in [0.2, 0.25) is 0 Å². The molecule has 1 aliphatic heterocycles. The summed E-state index contributed by atoms with van der Waals surface area (Å²) in [4.78, 5) is 18.8. The molecule has 0 unspecified atom stereocenters. The summed E-state index contributed by atoms with van der Waals surface area (Å²) in [5.74, 6) is 0.243. The molecule has 112 valence electrons. The molecule has 0 aromatic carbocycles. The van der Waals surface area contributed by atoms with E-state index in [4.69, 9.17) is 0 Å². The van der Waals surface area contributed by atoms with Crippen LogP contribution in [0.2, 0.25) is 0 Å². The van der Waals surface area contributed by atoms with Gasteiger partial charge in [-0.2, -0.15) is 0 Å². The first-order valence-electron chi connectivity index (χ1n) is 7.31. The van der Waals surface area contributed by atoms with Gasteiger partial charge in [0.25, 0.3) is 5.56 Å². The number of β-amino-alcohol motifs (C(OH)–C–C–N with tert-alkyl or cyclic N) is 1. The molecule has 3 heterocycles. The summed E-state index contributed by atoms with van der Waals surface area (Å²) in [6.07, 6.45) is 1.80. The van der Waals surface area contributed by atoms with Crippen LogP contribution in [0, 0.1) is 12.8 Å². The molecule has 1 fully saturated rings. The van der Waals surface area contributed by atoms with E-state index in [1.807, 2.05) is 32.9 Å². The fraction of sp³-hybridized carbons (Fsp3) is 0.500. The van der Waals surface area contributed by atoms with Gasteiger partial charge in [0.1, 0.15) is 5.65 Å². The fourth-order valence-electron chi connectivity index (χ4n) is 2.77. The largest absolute Gasteiger partial charge is 0.387 e. The van der Waals surface area contributed by atoms with Crippen molar-refractivity contribution >= 4 is 5.65 Å². The topological polar surface area (TPSA) is 57.8 Å². The van der Waals surface area contributed by atoms with Crippen LogP contribution in [0.5, 0.6) is 0 Å². The van der Waals surface area contributed by atoms with Crippen LogP contribution in [0.4, 0.5) is 0 Å². The number of likely N-dealkylation sites (tertiary alicyclic amines) is 1. The van der Waals surface area contributed by atoms with Crippen LogP contribution >= 0.6 is 0 Å². The lowest BCUT2D eigenvalue weighted by Gasteiger charge is -2.49. The van der Waals surface area contributed by atoms with E-state index in [9.17, 15) is 9.90 Å². The molecule has 2 aromatic rings. The highest BCUT2D eigenvalue weighted by atomic mass is 16.3. The van der Waals surface area contributed by atoms with Crippen molar-refractivity contribution in [2.45, 2.75) is 32.9 Å². The Morgan fingerprint density at radius 2 is 2.10 bits per heavy atom. The Kier molecular flexibility index (Phi) is 3.34. The van der Waals surface area contributed by atoms with Crippen molar-refractivity contribution in [2.75, 3.05) is 13.1 Å². The summed E-state index contributed by atoms with van der Waals surface area (Å²) in [5, 5.41) is 10.3. The van der Waals surface area contributed by atoms with Crippen LogP contribution < -0.4 is 5.56 Å². The first-order chi connectivity index (χ1) is 9.87. The molecule has 1 N–H and O–H groups in total. The highest BCUT2D eigenvalue weighted by molar-refractivity contribution is 5.39. The average Bonchev–Trinajstić information content (AvgIpc) is 2.37. The summed E-state index contributed by atoms with van der Waals surface area (Å²) in [5.41, 5.74) is 1.81. The van der Waals surface area contributed by atoms with Gasteiger partial charge >= 0.3 is 0 Å². The lowest BCUT2D eigenvalue weighted by molar-refractivity contribution is -0.131. The summed E-state index contributed by atoms with van der Waals surface area (Å²) in [6, 6.07) is 5.40. The number of pyridine rings is 1. The third-order valence-electron chi connectivity index (χ3n) is 4.32. The van der Waals surface area contributed by atoms with Gasteiger partial charge < -0.3 is 5.11 Å². The number of hydrogen-bond acceptors (Lipinski definition) is 4. The zero-order chi connectivity index (χ0) is 15.2. The number of aliphatic hydroxyl groups is 1. The van der Waals surface area contributed by atoms with Gasteiger partial charge in [0.15, 0.2) is 0 Å². The predicted molar refractivity (Wildman–Crippen MR) is 81.3 cm³/mol. The quantitative estimate of drug-likeness (QED) is 0.922. The van der Waals surface area contributed by atoms with Gasteiger partial charge in [-0.15, -0.1) is 0 Å². The van der Waals surface area contributed by atoms with Gasteiger partial charge in [-0.05, 0) is 24.5 Å². The van der Waals surface area contributed by atoms with E-state index < -0.39 is 5.60 Å². The Bertz CT molecular complexity index is 730. The molecule has 3 rings (SSSR count). The second kappa shape index (κ2) is 4.93. The van der Waals surface area contributed by atoms with Crippen molar-refractivity contribution in [3.05, 3.63) is 46.0 Å². The highest BCUT2D eigenvalue weighted by Crippen LogP contribution is 2.29. The molecular weight excluding hydrogens is 266 g/mol. The number of aryl methyl sites for hydroxylation is 1. The second-order valence-corrected chi connectivity index (χ2v) is 6.42. The molecule has 0 amide bonds. The maximum atomic E-state index is 12.1. The Morgan fingerprint density at radius 3 is 2.76 bits per heavy atom. The van der Waals surface area contributed by atoms with E-state index in [0.717, 1.165) is 11.3 Å². The first-order valence-corrected chi connectivity index (χ1v) is 7.31. The third kappa shape index (κ3) is 2.59. The minimum atomic E-state index is -0.594. The Morgan fingerprint density at radius 1 is 1.38 bits per heavy atom. The van der Waals surface area contributed by atoms with Crippen LogP contribution in [-0.2, 0) is 6.54 Å². The van der Waals surface area contributed by atoms with E-state index in [1.165, 1.54) is 0 Å². The molecule has 5 heteroatoms. The van der Waals surface area contributed by atoms with E-state index >= 15 is 0 Å². The Labute approximate surface area is 123 Å². The SMILES string of the molecule is Cc1ccc2nc(CN3CC(O)(C(C)C)C3)cc(=O)n2c1. The molecule has 21 heavy (non-hydrogen) atoms. The van der Waals surface area contributed by atoms with Gasteiger partial charge in [-0.25, -0.2) is 4.98 Å². The van der Waals surface area contributed by atoms with Crippen molar-refractivity contribution < 1.29 is 5.11 Å². The molecular formula is C16H21N3O2. The third-order valence-corrected chi connectivity index (χ3v) is 4.32. The lowest BCUT2D eigenvalue weighted by Crippen LogP contribution is -2.63. The minimum absolute atomic E-state index is 0.0571. The van der Waals surface area contributed by atoms with Crippen LogP contribution in [-0.4, -0.2) is 38.1 Å². The summed E-state index contributed by atoms with van der Waals surface area (Å²) >= 11 is 0. The van der Waals surface area contributed by atoms with Crippen LogP contribution in [0.1, 0.15) is 25.1 Å². The maximum Gasteiger partial charge on any atom is 0.258 e. The summed E-state index contributed by atoms with van der Waals surface area (Å²) in [6.45, 7) is 7.89. The zero-order valence-corrected chi connectivity index (χ0v) is 12.7. The maximum absolute atomic E-state index is 12.1. The number of nitrogens with zero attached hydrogens (tertiary/aromatic N) is 3. The molecule has 0 atom stereocenters. The molecule has 0 saturated carbocycles. The van der Waals surface area contributed by atoms with E-state index in [0.29, 0.717) is 25.3 Å². The van der Waals surface area contributed by atoms with Crippen molar-refractivity contribution in [1.29, 1.82) is 0 Å². The van der Waals surface area contributed by atoms with Crippen LogP contribution in [0.25, 0.3) is 5.65 Å². The molecule has 0 radical (unpaired) electrons. The molecule has 1 aliphatic rings. The Hall–Kier alpha value is -1.72. The minimum Gasteiger partial charge on any atom is -0.387 e. The second-order valence-electron chi connectivity index (χ2n) is 6.42. The van der Waals surface area contributed by atoms with Gasteiger partial charge in [0, 0.05) is 31.9 Å². The number of fused-ring (bicyclic) bond motifs is 1. The van der Waals surface area contributed by atoms with Gasteiger partial charge in [0.05, 0.1) is 11.3 Å². The van der Waals surface area contributed by atoms with E-state index in [1.54, 1.807) is 16.7 Å².